The zero-order valence-corrected chi connectivity index (χ0v) is 16.7. The number of ether oxygens (including phenoxy) is 3. The van der Waals surface area contributed by atoms with E-state index in [2.05, 4.69) is 0 Å². The van der Waals surface area contributed by atoms with Gasteiger partial charge in [-0.3, -0.25) is 0 Å². The van der Waals surface area contributed by atoms with Crippen molar-refractivity contribution in [3.05, 3.63) is 94.0 Å². The third-order valence-electron chi connectivity index (χ3n) is 3.73. The fourth-order valence-corrected chi connectivity index (χ4v) is 2.92. The molecule has 7 heteroatoms. The fourth-order valence-electron chi connectivity index (χ4n) is 2.39. The van der Waals surface area contributed by atoms with Crippen molar-refractivity contribution in [2.24, 2.45) is 0 Å². The Labute approximate surface area is 177 Å². The van der Waals surface area contributed by atoms with Gasteiger partial charge in [-0.1, -0.05) is 41.4 Å². The van der Waals surface area contributed by atoms with Crippen molar-refractivity contribution in [1.82, 2.24) is 0 Å². The molecule has 29 heavy (non-hydrogen) atoms. The molecule has 0 saturated carbocycles. The van der Waals surface area contributed by atoms with Crippen LogP contribution in [0.15, 0.2) is 72.8 Å². The third kappa shape index (κ3) is 6.24. The molecule has 0 unspecified atom stereocenters. The molecule has 0 N–H and O–H groups in total. The standard InChI is InChI=1S/C22H16Cl2O5/c23-17-12-16(13-18(24)14-17)22(26)29-20-8-6-15(7-9-20)21(25)28-11-10-27-19-4-2-1-3-5-19/h1-9,12-14H,10-11H2. The molecule has 0 aliphatic rings. The quantitative estimate of drug-likeness (QED) is 0.283. The summed E-state index contributed by atoms with van der Waals surface area (Å²) in [6, 6.07) is 19.7. The van der Waals surface area contributed by atoms with E-state index in [0.29, 0.717) is 21.4 Å². The van der Waals surface area contributed by atoms with E-state index in [1.54, 1.807) is 0 Å². The first-order valence-corrected chi connectivity index (χ1v) is 9.40. The molecule has 5 nitrogen and oxygen atoms in total. The van der Waals surface area contributed by atoms with Gasteiger partial charge in [-0.15, -0.1) is 0 Å². The summed E-state index contributed by atoms with van der Waals surface area (Å²) in [6.45, 7) is 0.355. The first-order chi connectivity index (χ1) is 14.0. The molecule has 0 spiro atoms. The number of carbonyl (C=O) groups excluding carboxylic acids is 2. The largest absolute Gasteiger partial charge is 0.490 e. The van der Waals surface area contributed by atoms with Crippen LogP contribution in [0.3, 0.4) is 0 Å². The van der Waals surface area contributed by atoms with Crippen molar-refractivity contribution in [2.75, 3.05) is 13.2 Å². The zero-order chi connectivity index (χ0) is 20.6. The van der Waals surface area contributed by atoms with Crippen molar-refractivity contribution in [2.45, 2.75) is 0 Å². The SMILES string of the molecule is O=C(OCCOc1ccccc1)c1ccc(OC(=O)c2cc(Cl)cc(Cl)c2)cc1. The Hall–Kier alpha value is -3.02. The van der Waals surface area contributed by atoms with E-state index in [1.165, 1.54) is 42.5 Å². The molecule has 3 aromatic rings. The molecule has 0 atom stereocenters. The maximum atomic E-state index is 12.2. The van der Waals surface area contributed by atoms with E-state index >= 15 is 0 Å². The Bertz CT molecular complexity index is 968. The van der Waals surface area contributed by atoms with Crippen LogP contribution in [0.2, 0.25) is 10.0 Å². The monoisotopic (exact) mass is 430 g/mol. The van der Waals surface area contributed by atoms with Gasteiger partial charge in [0.1, 0.15) is 24.7 Å². The Morgan fingerprint density at radius 3 is 2.00 bits per heavy atom. The summed E-state index contributed by atoms with van der Waals surface area (Å²) in [5, 5.41) is 0.664. The van der Waals surface area contributed by atoms with Gasteiger partial charge in [0, 0.05) is 10.0 Å². The first kappa shape index (κ1) is 20.7. The van der Waals surface area contributed by atoms with Crippen LogP contribution in [0.1, 0.15) is 20.7 Å². The number of halogens is 2. The smallest absolute Gasteiger partial charge is 0.343 e. The second kappa shape index (κ2) is 9.96. The van der Waals surface area contributed by atoms with Crippen molar-refractivity contribution < 1.29 is 23.8 Å². The van der Waals surface area contributed by atoms with Gasteiger partial charge in [0.05, 0.1) is 11.1 Å². The highest BCUT2D eigenvalue weighted by molar-refractivity contribution is 6.35. The topological polar surface area (TPSA) is 61.8 Å². The summed E-state index contributed by atoms with van der Waals surface area (Å²) in [4.78, 5) is 24.3. The predicted molar refractivity (Wildman–Crippen MR) is 110 cm³/mol. The minimum Gasteiger partial charge on any atom is -0.490 e. The normalized spacial score (nSPS) is 10.3. The fraction of sp³-hybridized carbons (Fsp3) is 0.0909. The highest BCUT2D eigenvalue weighted by atomic mass is 35.5. The molecule has 148 valence electrons. The van der Waals surface area contributed by atoms with Gasteiger partial charge in [-0.2, -0.15) is 0 Å². The summed E-state index contributed by atoms with van der Waals surface area (Å²) < 4.78 is 15.9. The van der Waals surface area contributed by atoms with Gasteiger partial charge < -0.3 is 14.2 Å². The third-order valence-corrected chi connectivity index (χ3v) is 4.16. The summed E-state index contributed by atoms with van der Waals surface area (Å²) in [5.74, 6) is -0.130. The van der Waals surface area contributed by atoms with Crippen molar-refractivity contribution in [1.29, 1.82) is 0 Å². The molecule has 3 rings (SSSR count). The second-order valence-electron chi connectivity index (χ2n) is 5.87. The van der Waals surface area contributed by atoms with Crippen LogP contribution in [-0.2, 0) is 4.74 Å². The summed E-state index contributed by atoms with van der Waals surface area (Å²) >= 11 is 11.8. The summed E-state index contributed by atoms with van der Waals surface area (Å²) in [5.41, 5.74) is 0.555. The van der Waals surface area contributed by atoms with Crippen LogP contribution < -0.4 is 9.47 Å². The maximum Gasteiger partial charge on any atom is 0.343 e. The Morgan fingerprint density at radius 1 is 0.690 bits per heavy atom. The van der Waals surface area contributed by atoms with E-state index < -0.39 is 11.9 Å². The zero-order valence-electron chi connectivity index (χ0n) is 15.1. The van der Waals surface area contributed by atoms with Gasteiger partial charge in [-0.25, -0.2) is 9.59 Å². The van der Waals surface area contributed by atoms with Crippen LogP contribution in [0.25, 0.3) is 0 Å². The summed E-state index contributed by atoms with van der Waals surface area (Å²) in [7, 11) is 0. The lowest BCUT2D eigenvalue weighted by Crippen LogP contribution is -2.12. The Morgan fingerprint density at radius 2 is 1.34 bits per heavy atom. The molecule has 0 heterocycles. The Balaban J connectivity index is 1.50. The van der Waals surface area contributed by atoms with E-state index in [9.17, 15) is 9.59 Å². The van der Waals surface area contributed by atoms with Gasteiger partial charge in [0.15, 0.2) is 0 Å². The van der Waals surface area contributed by atoms with Gasteiger partial charge in [0.2, 0.25) is 0 Å². The number of rotatable bonds is 7. The molecule has 0 saturated heterocycles. The van der Waals surface area contributed by atoms with Gasteiger partial charge >= 0.3 is 11.9 Å². The van der Waals surface area contributed by atoms with E-state index in [4.69, 9.17) is 37.4 Å². The molecule has 0 radical (unpaired) electrons. The number of esters is 2. The first-order valence-electron chi connectivity index (χ1n) is 8.64. The molecule has 3 aromatic carbocycles. The van der Waals surface area contributed by atoms with E-state index in [-0.39, 0.29) is 24.5 Å². The number of hydrogen-bond acceptors (Lipinski definition) is 5. The van der Waals surface area contributed by atoms with Crippen LogP contribution in [-0.4, -0.2) is 25.2 Å². The molecule has 0 bridgehead atoms. The average molecular weight is 431 g/mol. The lowest BCUT2D eigenvalue weighted by Gasteiger charge is -2.08. The van der Waals surface area contributed by atoms with Crippen molar-refractivity contribution in [3.63, 3.8) is 0 Å². The number of para-hydroxylation sites is 1. The van der Waals surface area contributed by atoms with E-state index in [1.807, 2.05) is 30.3 Å². The highest BCUT2D eigenvalue weighted by Crippen LogP contribution is 2.21. The number of hydrogen-bond donors (Lipinski definition) is 0. The van der Waals surface area contributed by atoms with Crippen LogP contribution in [0.5, 0.6) is 11.5 Å². The minimum absolute atomic E-state index is 0.111. The average Bonchev–Trinajstić information content (AvgIpc) is 2.71. The molecule has 0 amide bonds. The number of carbonyl (C=O) groups is 2. The maximum absolute atomic E-state index is 12.2. The van der Waals surface area contributed by atoms with Crippen LogP contribution >= 0.6 is 23.2 Å². The predicted octanol–water partition coefficient (Wildman–Crippen LogP) is 5.45. The molecule has 0 aliphatic heterocycles. The molecule has 0 aromatic heterocycles. The van der Waals surface area contributed by atoms with Gasteiger partial charge in [-0.05, 0) is 54.6 Å². The molecule has 0 aliphatic carbocycles. The highest BCUT2D eigenvalue weighted by Gasteiger charge is 2.12. The van der Waals surface area contributed by atoms with Crippen molar-refractivity contribution in [3.8, 4) is 11.5 Å². The minimum atomic E-state index is -0.609. The lowest BCUT2D eigenvalue weighted by atomic mass is 10.2. The van der Waals surface area contributed by atoms with Gasteiger partial charge in [0.25, 0.3) is 0 Å². The number of benzene rings is 3. The summed E-state index contributed by atoms with van der Waals surface area (Å²) in [6.07, 6.45) is 0. The molecular formula is C22H16Cl2O5. The van der Waals surface area contributed by atoms with Crippen LogP contribution in [0, 0.1) is 0 Å². The van der Waals surface area contributed by atoms with Crippen molar-refractivity contribution >= 4 is 35.1 Å². The van der Waals surface area contributed by atoms with E-state index in [0.717, 1.165) is 0 Å². The second-order valence-corrected chi connectivity index (χ2v) is 6.74. The van der Waals surface area contributed by atoms with Crippen LogP contribution in [0.4, 0.5) is 0 Å². The molecular weight excluding hydrogens is 415 g/mol. The lowest BCUT2D eigenvalue weighted by molar-refractivity contribution is 0.0450. The Kier molecular flexibility index (Phi) is 7.11. The molecule has 0 fully saturated rings.